The van der Waals surface area contributed by atoms with Crippen molar-refractivity contribution in [2.24, 2.45) is 4.99 Å². The highest BCUT2D eigenvalue weighted by atomic mass is 35.5. The lowest BCUT2D eigenvalue weighted by molar-refractivity contribution is -0.119. The summed E-state index contributed by atoms with van der Waals surface area (Å²) in [4.78, 5) is 48.5. The molecule has 11 heteroatoms. The Hall–Kier alpha value is -2.88. The van der Waals surface area contributed by atoms with Gasteiger partial charge in [-0.2, -0.15) is 0 Å². The monoisotopic (exact) mass is 449 g/mol. The average Bonchev–Trinajstić information content (AvgIpc) is 2.65. The zero-order valence-electron chi connectivity index (χ0n) is 14.6. The van der Waals surface area contributed by atoms with E-state index in [0.717, 1.165) is 0 Å². The lowest BCUT2D eigenvalue weighted by Crippen LogP contribution is -2.27. The molecular weight excluding hydrogens is 437 g/mol. The molecule has 29 heavy (non-hydrogen) atoms. The maximum atomic E-state index is 12.2. The van der Waals surface area contributed by atoms with Crippen molar-refractivity contribution in [3.05, 3.63) is 72.6 Å². The zero-order chi connectivity index (χ0) is 21.0. The van der Waals surface area contributed by atoms with Gasteiger partial charge in [0.05, 0.1) is 29.4 Å². The molecule has 0 aliphatic carbocycles. The second-order valence-corrected chi connectivity index (χ2v) is 6.97. The van der Waals surface area contributed by atoms with Gasteiger partial charge in [0.25, 0.3) is 5.56 Å². The molecule has 3 rings (SSSR count). The number of fused-ring (bicyclic) bond motifs is 1. The smallest absolute Gasteiger partial charge is 0.317 e. The molecular formula is C18H13Cl2N5O3S. The Morgan fingerprint density at radius 1 is 1.28 bits per heavy atom. The van der Waals surface area contributed by atoms with Gasteiger partial charge in [-0.05, 0) is 23.8 Å². The summed E-state index contributed by atoms with van der Waals surface area (Å²) in [5.41, 5.74) is -0.0982. The summed E-state index contributed by atoms with van der Waals surface area (Å²) in [7, 11) is 0. The largest absolute Gasteiger partial charge is 0.326 e. The average molecular weight is 450 g/mol. The molecule has 0 radical (unpaired) electrons. The number of aromatic nitrogens is 3. The van der Waals surface area contributed by atoms with E-state index < -0.39 is 23.2 Å². The summed E-state index contributed by atoms with van der Waals surface area (Å²) in [6, 6.07) is 5.86. The number of aromatic amines is 2. The van der Waals surface area contributed by atoms with Crippen molar-refractivity contribution >= 4 is 63.9 Å². The molecule has 0 saturated carbocycles. The van der Waals surface area contributed by atoms with E-state index in [-0.39, 0.29) is 17.5 Å². The number of thiocarbonyl (C=S) groups is 1. The number of benzene rings is 1. The Bertz CT molecular complexity index is 1240. The van der Waals surface area contributed by atoms with Crippen LogP contribution in [0.4, 0.5) is 0 Å². The Labute approximate surface area is 179 Å². The third-order valence-corrected chi connectivity index (χ3v) is 4.75. The van der Waals surface area contributed by atoms with Crippen LogP contribution in [0.25, 0.3) is 10.9 Å². The minimum atomic E-state index is -0.636. The second-order valence-electron chi connectivity index (χ2n) is 5.86. The molecule has 0 aliphatic rings. The molecule has 148 valence electrons. The molecule has 1 atom stereocenters. The molecule has 0 spiro atoms. The van der Waals surface area contributed by atoms with Crippen LogP contribution in [0.1, 0.15) is 17.3 Å². The van der Waals surface area contributed by atoms with E-state index in [1.165, 1.54) is 24.0 Å². The van der Waals surface area contributed by atoms with Crippen LogP contribution in [0.3, 0.4) is 0 Å². The first-order valence-corrected chi connectivity index (χ1v) is 9.43. The highest BCUT2D eigenvalue weighted by Gasteiger charge is 2.13. The number of carbonyl (C=O) groups excluding carboxylic acids is 1. The van der Waals surface area contributed by atoms with Gasteiger partial charge in [-0.3, -0.25) is 24.5 Å². The third kappa shape index (κ3) is 4.94. The predicted molar refractivity (Wildman–Crippen MR) is 116 cm³/mol. The van der Waals surface area contributed by atoms with Crippen molar-refractivity contribution in [2.75, 3.05) is 0 Å². The molecule has 8 nitrogen and oxygen atoms in total. The number of halogens is 2. The minimum Gasteiger partial charge on any atom is -0.317 e. The number of carbonyl (C=O) groups is 1. The fraction of sp³-hybridized carbons (Fsp3) is 0.111. The van der Waals surface area contributed by atoms with Crippen LogP contribution in [0.5, 0.6) is 0 Å². The molecule has 1 amide bonds. The number of hydrogen-bond donors (Lipinski definition) is 3. The molecule has 0 aliphatic heterocycles. The number of nitrogens with zero attached hydrogens (tertiary/aromatic N) is 2. The summed E-state index contributed by atoms with van der Waals surface area (Å²) < 4.78 is 0. The van der Waals surface area contributed by atoms with Crippen molar-refractivity contribution in [1.82, 2.24) is 20.3 Å². The van der Waals surface area contributed by atoms with Gasteiger partial charge in [-0.25, -0.2) is 4.79 Å². The molecule has 0 bridgehead atoms. The summed E-state index contributed by atoms with van der Waals surface area (Å²) in [6.45, 7) is 0. The van der Waals surface area contributed by atoms with Gasteiger partial charge in [0.15, 0.2) is 0 Å². The van der Waals surface area contributed by atoms with E-state index in [9.17, 15) is 14.4 Å². The summed E-state index contributed by atoms with van der Waals surface area (Å²) in [5, 5.41) is 4.93. The number of rotatable bonds is 6. The Morgan fingerprint density at radius 2 is 2.07 bits per heavy atom. The Balaban J connectivity index is 1.74. The molecule has 0 saturated heterocycles. The number of hydrogen-bond acceptors (Lipinski definition) is 6. The normalized spacial score (nSPS) is 12.2. The predicted octanol–water partition coefficient (Wildman–Crippen LogP) is 2.35. The van der Waals surface area contributed by atoms with Crippen LogP contribution >= 0.6 is 35.4 Å². The van der Waals surface area contributed by atoms with Gasteiger partial charge in [0.1, 0.15) is 6.04 Å². The maximum Gasteiger partial charge on any atom is 0.326 e. The van der Waals surface area contributed by atoms with Crippen molar-refractivity contribution in [1.29, 1.82) is 0 Å². The molecule has 1 unspecified atom stereocenters. The number of aliphatic imine (C=N–C) groups is 1. The van der Waals surface area contributed by atoms with Crippen molar-refractivity contribution < 1.29 is 4.79 Å². The van der Waals surface area contributed by atoms with Gasteiger partial charge >= 0.3 is 5.69 Å². The quantitative estimate of drug-likeness (QED) is 0.303. The van der Waals surface area contributed by atoms with E-state index in [2.05, 4.69) is 25.3 Å². The van der Waals surface area contributed by atoms with Gasteiger partial charge < -0.3 is 10.3 Å². The van der Waals surface area contributed by atoms with Gasteiger partial charge in [-0.15, -0.1) is 0 Å². The van der Waals surface area contributed by atoms with Crippen LogP contribution in [0.15, 0.2) is 45.0 Å². The van der Waals surface area contributed by atoms with E-state index >= 15 is 0 Å². The highest BCUT2D eigenvalue weighted by Crippen LogP contribution is 2.27. The number of nitrogens with one attached hydrogen (secondary N) is 3. The fourth-order valence-corrected chi connectivity index (χ4v) is 3.38. The van der Waals surface area contributed by atoms with Crippen LogP contribution in [-0.4, -0.2) is 32.6 Å². The van der Waals surface area contributed by atoms with Gasteiger partial charge in [0, 0.05) is 21.6 Å². The minimum absolute atomic E-state index is 0.143. The first-order valence-electron chi connectivity index (χ1n) is 8.20. The van der Waals surface area contributed by atoms with Crippen molar-refractivity contribution in [2.45, 2.75) is 12.5 Å². The maximum absolute atomic E-state index is 12.2. The molecule has 3 N–H and O–H groups in total. The summed E-state index contributed by atoms with van der Waals surface area (Å²) in [6.07, 6.45) is 2.42. The lowest BCUT2D eigenvalue weighted by Gasteiger charge is -2.09. The molecule has 2 aromatic heterocycles. The van der Waals surface area contributed by atoms with Crippen molar-refractivity contribution in [3.8, 4) is 0 Å². The SMILES string of the molecule is O=C(Cc1nccc2[nH]c(=O)[nH]c(=O)c12)NC=NC(C=S)c1ccc(Cl)cc1Cl. The Morgan fingerprint density at radius 3 is 2.79 bits per heavy atom. The van der Waals surface area contributed by atoms with E-state index in [1.807, 2.05) is 0 Å². The van der Waals surface area contributed by atoms with Crippen LogP contribution in [-0.2, 0) is 11.2 Å². The first-order chi connectivity index (χ1) is 13.9. The first kappa shape index (κ1) is 20.8. The summed E-state index contributed by atoms with van der Waals surface area (Å²) in [5.74, 6) is -0.454. The van der Waals surface area contributed by atoms with Crippen LogP contribution in [0.2, 0.25) is 10.0 Å². The summed E-state index contributed by atoms with van der Waals surface area (Å²) >= 11 is 17.0. The van der Waals surface area contributed by atoms with E-state index in [4.69, 9.17) is 35.4 Å². The Kier molecular flexibility index (Phi) is 6.53. The number of pyridine rings is 1. The van der Waals surface area contributed by atoms with Gasteiger partial charge in [0.2, 0.25) is 5.91 Å². The molecule has 0 fully saturated rings. The zero-order valence-corrected chi connectivity index (χ0v) is 16.9. The topological polar surface area (TPSA) is 120 Å². The van der Waals surface area contributed by atoms with Crippen LogP contribution < -0.4 is 16.6 Å². The highest BCUT2D eigenvalue weighted by molar-refractivity contribution is 7.79. The molecule has 3 aromatic rings. The molecule has 1 aromatic carbocycles. The van der Waals surface area contributed by atoms with E-state index in [0.29, 0.717) is 21.1 Å². The molecule has 2 heterocycles. The lowest BCUT2D eigenvalue weighted by atomic mass is 10.1. The third-order valence-electron chi connectivity index (χ3n) is 3.93. The standard InChI is InChI=1S/C18H13Cl2N5O3S/c19-9-1-2-10(11(20)5-9)14(7-29)22-8-23-15(26)6-13-16-12(3-4-21-13)24-18(28)25-17(16)27/h1-5,7-8,14H,6H2,(H,22,23,26)(H2,24,25,27,28). The van der Waals surface area contributed by atoms with Crippen molar-refractivity contribution in [3.63, 3.8) is 0 Å². The van der Waals surface area contributed by atoms with Gasteiger partial charge in [-0.1, -0.05) is 41.5 Å². The second kappa shape index (κ2) is 9.08. The van der Waals surface area contributed by atoms with Crippen LogP contribution in [0, 0.1) is 0 Å². The number of H-pyrrole nitrogens is 2. The fourth-order valence-electron chi connectivity index (χ4n) is 2.64. The number of amides is 1. The van der Waals surface area contributed by atoms with E-state index in [1.54, 1.807) is 18.2 Å².